The van der Waals surface area contributed by atoms with Crippen LogP contribution in [0.1, 0.15) is 35.0 Å². The van der Waals surface area contributed by atoms with Crippen molar-refractivity contribution in [3.05, 3.63) is 62.8 Å². The van der Waals surface area contributed by atoms with Gasteiger partial charge in [-0.3, -0.25) is 14.7 Å². The second-order valence-corrected chi connectivity index (χ2v) is 6.20. The first kappa shape index (κ1) is 16.4. The van der Waals surface area contributed by atoms with E-state index < -0.39 is 0 Å². The minimum Gasteiger partial charge on any atom is -0.363 e. The van der Waals surface area contributed by atoms with Crippen LogP contribution in [0.5, 0.6) is 0 Å². The highest BCUT2D eigenvalue weighted by atomic mass is 16.1. The third-order valence-electron chi connectivity index (χ3n) is 4.25. The Morgan fingerprint density at radius 2 is 2.05 bits per heavy atom. The van der Waals surface area contributed by atoms with Gasteiger partial charge < -0.3 is 4.98 Å². The number of rotatable bonds is 5. The van der Waals surface area contributed by atoms with Crippen molar-refractivity contribution < 1.29 is 0 Å². The Hall–Kier alpha value is -1.94. The van der Waals surface area contributed by atoms with Crippen molar-refractivity contribution in [3.63, 3.8) is 0 Å². The second kappa shape index (κ2) is 6.88. The van der Waals surface area contributed by atoms with E-state index in [9.17, 15) is 4.79 Å². The molecule has 2 heterocycles. The lowest BCUT2D eigenvalue weighted by molar-refractivity contribution is 0.243. The highest BCUT2D eigenvalue weighted by Crippen LogP contribution is 2.11. The zero-order chi connectivity index (χ0) is 16.3. The van der Waals surface area contributed by atoms with Crippen LogP contribution in [0.4, 0.5) is 0 Å². The first-order chi connectivity index (χ1) is 10.4. The van der Waals surface area contributed by atoms with Crippen molar-refractivity contribution >= 4 is 0 Å². The maximum Gasteiger partial charge on any atom is 0.187 e. The summed E-state index contributed by atoms with van der Waals surface area (Å²) < 4.78 is 0. The SMILES string of the molecule is Cc1ccnc(CC(C)N(C)Cc2[nH]cc(C)c(=O)c2C)c1. The van der Waals surface area contributed by atoms with Gasteiger partial charge in [-0.2, -0.15) is 0 Å². The van der Waals surface area contributed by atoms with Gasteiger partial charge in [0.25, 0.3) is 0 Å². The smallest absolute Gasteiger partial charge is 0.187 e. The van der Waals surface area contributed by atoms with E-state index >= 15 is 0 Å². The van der Waals surface area contributed by atoms with E-state index in [4.69, 9.17) is 0 Å². The van der Waals surface area contributed by atoms with Crippen LogP contribution in [-0.2, 0) is 13.0 Å². The number of likely N-dealkylation sites (N-methyl/N-ethyl adjacent to an activating group) is 1. The molecule has 4 heteroatoms. The fourth-order valence-corrected chi connectivity index (χ4v) is 2.54. The number of H-pyrrole nitrogens is 1. The van der Waals surface area contributed by atoms with Gasteiger partial charge in [-0.05, 0) is 52.4 Å². The Morgan fingerprint density at radius 3 is 2.73 bits per heavy atom. The molecule has 0 spiro atoms. The van der Waals surface area contributed by atoms with Crippen molar-refractivity contribution in [2.75, 3.05) is 7.05 Å². The van der Waals surface area contributed by atoms with Crippen molar-refractivity contribution in [3.8, 4) is 0 Å². The molecule has 118 valence electrons. The van der Waals surface area contributed by atoms with Crippen LogP contribution >= 0.6 is 0 Å². The number of hydrogen-bond donors (Lipinski definition) is 1. The summed E-state index contributed by atoms with van der Waals surface area (Å²) in [6.45, 7) is 8.73. The van der Waals surface area contributed by atoms with E-state index in [0.29, 0.717) is 6.04 Å². The first-order valence-electron chi connectivity index (χ1n) is 7.68. The van der Waals surface area contributed by atoms with Crippen LogP contribution in [0.3, 0.4) is 0 Å². The average molecular weight is 299 g/mol. The average Bonchev–Trinajstić information content (AvgIpc) is 2.47. The van der Waals surface area contributed by atoms with Crippen LogP contribution in [0.2, 0.25) is 0 Å². The third kappa shape index (κ3) is 3.83. The maximum absolute atomic E-state index is 12.0. The molecule has 0 saturated heterocycles. The van der Waals surface area contributed by atoms with Crippen molar-refractivity contribution in [1.82, 2.24) is 14.9 Å². The lowest BCUT2D eigenvalue weighted by Crippen LogP contribution is -2.32. The predicted molar refractivity (Wildman–Crippen MR) is 90.1 cm³/mol. The molecule has 0 bridgehead atoms. The Kier molecular flexibility index (Phi) is 5.14. The summed E-state index contributed by atoms with van der Waals surface area (Å²) in [5.41, 5.74) is 5.04. The fraction of sp³-hybridized carbons (Fsp3) is 0.444. The first-order valence-corrected chi connectivity index (χ1v) is 7.68. The molecule has 1 N–H and O–H groups in total. The molecule has 2 aromatic heterocycles. The summed E-state index contributed by atoms with van der Waals surface area (Å²) in [6.07, 6.45) is 4.55. The summed E-state index contributed by atoms with van der Waals surface area (Å²) in [4.78, 5) is 21.9. The van der Waals surface area contributed by atoms with E-state index in [1.807, 2.05) is 26.1 Å². The van der Waals surface area contributed by atoms with Crippen LogP contribution in [0.15, 0.2) is 29.3 Å². The Morgan fingerprint density at radius 1 is 1.32 bits per heavy atom. The van der Waals surface area contributed by atoms with Gasteiger partial charge in [0.15, 0.2) is 5.43 Å². The fourth-order valence-electron chi connectivity index (χ4n) is 2.54. The lowest BCUT2D eigenvalue weighted by Gasteiger charge is -2.25. The zero-order valence-electron chi connectivity index (χ0n) is 14.1. The van der Waals surface area contributed by atoms with Crippen molar-refractivity contribution in [2.45, 2.75) is 46.7 Å². The van der Waals surface area contributed by atoms with E-state index in [-0.39, 0.29) is 5.43 Å². The molecule has 0 amide bonds. The van der Waals surface area contributed by atoms with Crippen LogP contribution in [0.25, 0.3) is 0 Å². The molecular weight excluding hydrogens is 274 g/mol. The normalized spacial score (nSPS) is 12.6. The van der Waals surface area contributed by atoms with Gasteiger partial charge in [-0.15, -0.1) is 0 Å². The highest BCUT2D eigenvalue weighted by Gasteiger charge is 2.14. The topological polar surface area (TPSA) is 49.0 Å². The number of nitrogens with zero attached hydrogens (tertiary/aromatic N) is 2. The molecule has 0 aliphatic heterocycles. The van der Waals surface area contributed by atoms with Gasteiger partial charge in [0.1, 0.15) is 0 Å². The molecule has 22 heavy (non-hydrogen) atoms. The Balaban J connectivity index is 2.07. The molecule has 2 aromatic rings. The summed E-state index contributed by atoms with van der Waals surface area (Å²) >= 11 is 0. The number of aromatic amines is 1. The molecule has 1 unspecified atom stereocenters. The van der Waals surface area contributed by atoms with Crippen molar-refractivity contribution in [1.29, 1.82) is 0 Å². The van der Waals surface area contributed by atoms with Crippen LogP contribution in [0, 0.1) is 20.8 Å². The molecule has 0 aromatic carbocycles. The Bertz CT molecular complexity index is 706. The minimum atomic E-state index is 0.134. The van der Waals surface area contributed by atoms with Crippen LogP contribution in [-0.4, -0.2) is 28.0 Å². The molecule has 0 saturated carbocycles. The summed E-state index contributed by atoms with van der Waals surface area (Å²) in [5.74, 6) is 0. The summed E-state index contributed by atoms with van der Waals surface area (Å²) in [7, 11) is 2.08. The molecule has 2 rings (SSSR count). The maximum atomic E-state index is 12.0. The largest absolute Gasteiger partial charge is 0.363 e. The molecule has 0 radical (unpaired) electrons. The van der Waals surface area contributed by atoms with Gasteiger partial charge in [-0.25, -0.2) is 0 Å². The number of pyridine rings is 2. The minimum absolute atomic E-state index is 0.134. The quantitative estimate of drug-likeness (QED) is 0.923. The summed E-state index contributed by atoms with van der Waals surface area (Å²) in [5, 5.41) is 0. The van der Waals surface area contributed by atoms with Gasteiger partial charge in [0.2, 0.25) is 0 Å². The summed E-state index contributed by atoms with van der Waals surface area (Å²) in [6, 6.07) is 4.49. The van der Waals surface area contributed by atoms with Gasteiger partial charge >= 0.3 is 0 Å². The van der Waals surface area contributed by atoms with E-state index in [1.54, 1.807) is 6.20 Å². The van der Waals surface area contributed by atoms with Gasteiger partial charge in [-0.1, -0.05) is 0 Å². The van der Waals surface area contributed by atoms with Crippen molar-refractivity contribution in [2.24, 2.45) is 0 Å². The molecule has 0 aliphatic carbocycles. The lowest BCUT2D eigenvalue weighted by atomic mass is 10.1. The number of nitrogens with one attached hydrogen (secondary N) is 1. The van der Waals surface area contributed by atoms with E-state index in [2.05, 4.69) is 41.8 Å². The zero-order valence-corrected chi connectivity index (χ0v) is 14.1. The molecule has 4 nitrogen and oxygen atoms in total. The Labute approximate surface area is 132 Å². The van der Waals surface area contributed by atoms with E-state index in [0.717, 1.165) is 35.5 Å². The highest BCUT2D eigenvalue weighted by molar-refractivity contribution is 5.23. The molecule has 0 aliphatic rings. The second-order valence-electron chi connectivity index (χ2n) is 6.20. The number of aryl methyl sites for hydroxylation is 2. The molecular formula is C18H25N3O. The van der Waals surface area contributed by atoms with E-state index in [1.165, 1.54) is 5.56 Å². The molecule has 1 atom stereocenters. The van der Waals surface area contributed by atoms with Gasteiger partial charge in [0, 0.05) is 53.9 Å². The van der Waals surface area contributed by atoms with Gasteiger partial charge in [0.05, 0.1) is 0 Å². The monoisotopic (exact) mass is 299 g/mol. The third-order valence-corrected chi connectivity index (χ3v) is 4.25. The number of hydrogen-bond acceptors (Lipinski definition) is 3. The number of aromatic nitrogens is 2. The molecule has 0 fully saturated rings. The standard InChI is InChI=1S/C18H25N3O/c1-12-6-7-19-16(8-12)9-14(3)21(5)11-17-15(4)18(22)13(2)10-20-17/h6-8,10,14H,9,11H2,1-5H3,(H,20,22). The predicted octanol–water partition coefficient (Wildman–Crippen LogP) is 2.76. The van der Waals surface area contributed by atoms with Crippen LogP contribution < -0.4 is 5.43 Å².